The number of aryl methyl sites for hydroxylation is 1. The average Bonchev–Trinajstić information content (AvgIpc) is 2.59. The third-order valence-corrected chi connectivity index (χ3v) is 5.20. The monoisotopic (exact) mass is 376 g/mol. The molecule has 4 nitrogen and oxygen atoms in total. The molecule has 1 rings (SSSR count). The molecule has 0 saturated carbocycles. The summed E-state index contributed by atoms with van der Waals surface area (Å²) in [5.41, 5.74) is 1.39. The van der Waals surface area contributed by atoms with Crippen molar-refractivity contribution >= 4 is 11.9 Å². The van der Waals surface area contributed by atoms with Crippen LogP contribution in [-0.2, 0) is 6.42 Å². The maximum absolute atomic E-state index is 11.6. The van der Waals surface area contributed by atoms with Crippen molar-refractivity contribution in [3.05, 3.63) is 34.4 Å². The van der Waals surface area contributed by atoms with Crippen LogP contribution in [0.5, 0.6) is 0 Å². The number of hydrogen-bond acceptors (Lipinski definition) is 2. The second-order valence-corrected chi connectivity index (χ2v) is 8.01. The van der Waals surface area contributed by atoms with Gasteiger partial charge in [0.2, 0.25) is 0 Å². The van der Waals surface area contributed by atoms with E-state index in [9.17, 15) is 19.8 Å². The van der Waals surface area contributed by atoms with Crippen LogP contribution in [0.25, 0.3) is 0 Å². The molecule has 0 atom stereocenters. The van der Waals surface area contributed by atoms with Gasteiger partial charge in [0, 0.05) is 0 Å². The molecule has 0 amide bonds. The van der Waals surface area contributed by atoms with Crippen LogP contribution in [0.3, 0.4) is 0 Å². The predicted octanol–water partition coefficient (Wildman–Crippen LogP) is 6.49. The van der Waals surface area contributed by atoms with E-state index in [4.69, 9.17) is 0 Å². The van der Waals surface area contributed by atoms with Gasteiger partial charge in [-0.2, -0.15) is 0 Å². The maximum Gasteiger partial charge on any atom is 0.336 e. The topological polar surface area (TPSA) is 74.6 Å². The normalized spacial score (nSPS) is 11.1. The first-order valence-electron chi connectivity index (χ1n) is 10.4. The fourth-order valence-corrected chi connectivity index (χ4v) is 3.59. The van der Waals surface area contributed by atoms with Gasteiger partial charge in [-0.05, 0) is 42.9 Å². The van der Waals surface area contributed by atoms with Gasteiger partial charge in [-0.1, -0.05) is 77.7 Å². The zero-order valence-corrected chi connectivity index (χ0v) is 17.2. The molecule has 27 heavy (non-hydrogen) atoms. The van der Waals surface area contributed by atoms with E-state index >= 15 is 0 Å². The molecule has 2 N–H and O–H groups in total. The number of hydrogen-bond donors (Lipinski definition) is 2. The number of unbranched alkanes of at least 4 members (excludes halogenated alkanes) is 8. The number of benzene rings is 1. The Morgan fingerprint density at radius 3 is 1.81 bits per heavy atom. The third-order valence-electron chi connectivity index (χ3n) is 5.20. The standard InChI is InChI=1S/C23H36O4/c1-17(2)13-11-9-7-5-4-6-8-10-12-14-19-18(3)15-16-20(22(24)25)21(19)23(26)27/h15-17H,4-14H2,1-3H3,(H,24,25)(H,26,27). The van der Waals surface area contributed by atoms with E-state index < -0.39 is 11.9 Å². The average molecular weight is 377 g/mol. The van der Waals surface area contributed by atoms with E-state index in [-0.39, 0.29) is 11.1 Å². The first kappa shape index (κ1) is 23.2. The number of aromatic carboxylic acids is 2. The van der Waals surface area contributed by atoms with E-state index in [1.807, 2.05) is 6.92 Å². The van der Waals surface area contributed by atoms with Gasteiger partial charge in [0.05, 0.1) is 11.1 Å². The molecular weight excluding hydrogens is 340 g/mol. The van der Waals surface area contributed by atoms with Gasteiger partial charge in [-0.3, -0.25) is 0 Å². The Morgan fingerprint density at radius 2 is 1.33 bits per heavy atom. The van der Waals surface area contributed by atoms with Gasteiger partial charge in [-0.15, -0.1) is 0 Å². The molecule has 0 radical (unpaired) electrons. The highest BCUT2D eigenvalue weighted by Crippen LogP contribution is 2.22. The fraction of sp³-hybridized carbons (Fsp3) is 0.652. The van der Waals surface area contributed by atoms with Gasteiger partial charge in [0.25, 0.3) is 0 Å². The van der Waals surface area contributed by atoms with Crippen molar-refractivity contribution < 1.29 is 19.8 Å². The molecule has 152 valence electrons. The molecule has 0 bridgehead atoms. The van der Waals surface area contributed by atoms with Crippen LogP contribution in [0.4, 0.5) is 0 Å². The molecule has 0 aliphatic heterocycles. The molecule has 0 spiro atoms. The largest absolute Gasteiger partial charge is 0.478 e. The Kier molecular flexibility index (Phi) is 10.8. The van der Waals surface area contributed by atoms with E-state index in [1.54, 1.807) is 6.07 Å². The summed E-state index contributed by atoms with van der Waals surface area (Å²) < 4.78 is 0. The van der Waals surface area contributed by atoms with E-state index in [1.165, 1.54) is 51.0 Å². The van der Waals surface area contributed by atoms with E-state index in [0.717, 1.165) is 30.7 Å². The lowest BCUT2D eigenvalue weighted by atomic mass is 9.92. The number of carboxylic acids is 2. The molecule has 0 heterocycles. The van der Waals surface area contributed by atoms with Crippen LogP contribution in [0.1, 0.15) is 110 Å². The Morgan fingerprint density at radius 1 is 0.815 bits per heavy atom. The highest BCUT2D eigenvalue weighted by molar-refractivity contribution is 6.03. The van der Waals surface area contributed by atoms with E-state index in [2.05, 4.69) is 13.8 Å². The molecule has 0 saturated heterocycles. The Balaban J connectivity index is 2.32. The first-order chi connectivity index (χ1) is 12.8. The van der Waals surface area contributed by atoms with Crippen molar-refractivity contribution in [3.63, 3.8) is 0 Å². The molecule has 0 aromatic heterocycles. The first-order valence-corrected chi connectivity index (χ1v) is 10.4. The molecule has 4 heteroatoms. The number of rotatable bonds is 14. The molecular formula is C23H36O4. The van der Waals surface area contributed by atoms with Crippen molar-refractivity contribution in [3.8, 4) is 0 Å². The number of carbonyl (C=O) groups is 2. The minimum Gasteiger partial charge on any atom is -0.478 e. The van der Waals surface area contributed by atoms with Crippen molar-refractivity contribution in [2.24, 2.45) is 5.92 Å². The second kappa shape index (κ2) is 12.5. The Labute approximate surface area is 164 Å². The van der Waals surface area contributed by atoms with Gasteiger partial charge >= 0.3 is 11.9 Å². The van der Waals surface area contributed by atoms with Crippen LogP contribution in [0.2, 0.25) is 0 Å². The Bertz CT molecular complexity index is 605. The maximum atomic E-state index is 11.6. The Hall–Kier alpha value is -1.84. The van der Waals surface area contributed by atoms with Crippen LogP contribution in [0.15, 0.2) is 12.1 Å². The highest BCUT2D eigenvalue weighted by Gasteiger charge is 2.21. The summed E-state index contributed by atoms with van der Waals surface area (Å²) in [6, 6.07) is 3.11. The molecule has 1 aromatic rings. The van der Waals surface area contributed by atoms with Crippen LogP contribution < -0.4 is 0 Å². The SMILES string of the molecule is Cc1ccc(C(=O)O)c(C(=O)O)c1CCCCCCCCCCCC(C)C. The van der Waals surface area contributed by atoms with Crippen molar-refractivity contribution in [1.29, 1.82) is 0 Å². The molecule has 0 unspecified atom stereocenters. The lowest BCUT2D eigenvalue weighted by molar-refractivity contribution is 0.0650. The molecule has 0 fully saturated rings. The van der Waals surface area contributed by atoms with Gasteiger partial charge in [0.1, 0.15) is 0 Å². The summed E-state index contributed by atoms with van der Waals surface area (Å²) in [6.07, 6.45) is 12.9. The van der Waals surface area contributed by atoms with Gasteiger partial charge < -0.3 is 10.2 Å². The van der Waals surface area contributed by atoms with Crippen LogP contribution >= 0.6 is 0 Å². The summed E-state index contributed by atoms with van der Waals surface area (Å²) in [5.74, 6) is -1.52. The van der Waals surface area contributed by atoms with Gasteiger partial charge in [-0.25, -0.2) is 9.59 Å². The number of carboxylic acid groups (broad SMARTS) is 2. The smallest absolute Gasteiger partial charge is 0.336 e. The summed E-state index contributed by atoms with van der Waals surface area (Å²) in [7, 11) is 0. The summed E-state index contributed by atoms with van der Waals surface area (Å²) >= 11 is 0. The quantitative estimate of drug-likeness (QED) is 0.364. The molecule has 1 aromatic carbocycles. The van der Waals surface area contributed by atoms with Crippen LogP contribution in [-0.4, -0.2) is 22.2 Å². The van der Waals surface area contributed by atoms with Crippen molar-refractivity contribution in [2.45, 2.75) is 91.4 Å². The molecule has 0 aliphatic rings. The van der Waals surface area contributed by atoms with Crippen molar-refractivity contribution in [1.82, 2.24) is 0 Å². The lowest BCUT2D eigenvalue weighted by Gasteiger charge is -2.12. The third kappa shape index (κ3) is 8.59. The highest BCUT2D eigenvalue weighted by atomic mass is 16.4. The fourth-order valence-electron chi connectivity index (χ4n) is 3.59. The summed E-state index contributed by atoms with van der Waals surface area (Å²) in [4.78, 5) is 22.9. The van der Waals surface area contributed by atoms with Crippen molar-refractivity contribution in [2.75, 3.05) is 0 Å². The van der Waals surface area contributed by atoms with Crippen LogP contribution in [0, 0.1) is 12.8 Å². The second-order valence-electron chi connectivity index (χ2n) is 8.01. The molecule has 0 aliphatic carbocycles. The minimum atomic E-state index is -1.18. The predicted molar refractivity (Wildman–Crippen MR) is 110 cm³/mol. The summed E-state index contributed by atoms with van der Waals surface area (Å²) in [6.45, 7) is 6.41. The van der Waals surface area contributed by atoms with E-state index in [0.29, 0.717) is 12.0 Å². The summed E-state index contributed by atoms with van der Waals surface area (Å²) in [5, 5.41) is 18.7. The zero-order chi connectivity index (χ0) is 20.2. The lowest BCUT2D eigenvalue weighted by Crippen LogP contribution is -2.13. The zero-order valence-electron chi connectivity index (χ0n) is 17.2. The minimum absolute atomic E-state index is 0.0381. The van der Waals surface area contributed by atoms with Gasteiger partial charge in [0.15, 0.2) is 0 Å².